The van der Waals surface area contributed by atoms with Crippen molar-refractivity contribution in [3.05, 3.63) is 65.0 Å². The Kier molecular flexibility index (Phi) is 5.39. The van der Waals surface area contributed by atoms with E-state index in [-0.39, 0.29) is 11.9 Å². The van der Waals surface area contributed by atoms with E-state index in [0.717, 1.165) is 30.3 Å². The first-order valence-electron chi connectivity index (χ1n) is 7.20. The highest BCUT2D eigenvalue weighted by molar-refractivity contribution is 5.26. The summed E-state index contributed by atoms with van der Waals surface area (Å²) in [4.78, 5) is 4.40. The molecule has 0 radical (unpaired) electrons. The summed E-state index contributed by atoms with van der Waals surface area (Å²) >= 11 is 0. The van der Waals surface area contributed by atoms with Gasteiger partial charge >= 0.3 is 0 Å². The molecule has 0 saturated carbocycles. The van der Waals surface area contributed by atoms with Crippen LogP contribution in [0.25, 0.3) is 0 Å². The van der Waals surface area contributed by atoms with Crippen LogP contribution < -0.4 is 5.32 Å². The van der Waals surface area contributed by atoms with E-state index < -0.39 is 5.82 Å². The molecule has 1 heterocycles. The van der Waals surface area contributed by atoms with Gasteiger partial charge in [0.05, 0.1) is 11.7 Å². The number of aromatic nitrogens is 1. The van der Waals surface area contributed by atoms with Crippen LogP contribution in [0.3, 0.4) is 0 Å². The second kappa shape index (κ2) is 7.27. The summed E-state index contributed by atoms with van der Waals surface area (Å²) in [7, 11) is 0. The molecule has 2 nitrogen and oxygen atoms in total. The third-order valence-electron chi connectivity index (χ3n) is 3.45. The number of nitrogens with one attached hydrogen (secondary N) is 1. The van der Waals surface area contributed by atoms with Gasteiger partial charge < -0.3 is 5.32 Å². The van der Waals surface area contributed by atoms with E-state index in [4.69, 9.17) is 0 Å². The Morgan fingerprint density at radius 3 is 2.76 bits per heavy atom. The molecule has 0 spiro atoms. The molecule has 112 valence electrons. The average molecular weight is 290 g/mol. The lowest BCUT2D eigenvalue weighted by Gasteiger charge is -2.20. The molecule has 0 fully saturated rings. The van der Waals surface area contributed by atoms with Crippen LogP contribution in [0, 0.1) is 18.6 Å². The summed E-state index contributed by atoms with van der Waals surface area (Å²) in [6.45, 7) is 4.85. The van der Waals surface area contributed by atoms with Gasteiger partial charge in [0.15, 0.2) is 0 Å². The molecule has 1 aromatic carbocycles. The number of benzene rings is 1. The maximum atomic E-state index is 13.9. The Morgan fingerprint density at radius 2 is 2.05 bits per heavy atom. The summed E-state index contributed by atoms with van der Waals surface area (Å²) in [5, 5.41) is 3.37. The van der Waals surface area contributed by atoms with Crippen LogP contribution in [0.15, 0.2) is 36.5 Å². The van der Waals surface area contributed by atoms with Gasteiger partial charge in [0.1, 0.15) is 11.6 Å². The molecule has 2 rings (SSSR count). The first-order valence-corrected chi connectivity index (χ1v) is 7.20. The van der Waals surface area contributed by atoms with E-state index in [1.54, 1.807) is 6.20 Å². The molecule has 1 atom stereocenters. The zero-order valence-electron chi connectivity index (χ0n) is 12.4. The number of hydrogen-bond donors (Lipinski definition) is 1. The van der Waals surface area contributed by atoms with E-state index in [1.807, 2.05) is 19.1 Å². The number of pyridine rings is 1. The van der Waals surface area contributed by atoms with Crippen molar-refractivity contribution < 1.29 is 8.78 Å². The highest BCUT2D eigenvalue weighted by atomic mass is 19.1. The zero-order valence-corrected chi connectivity index (χ0v) is 12.4. The maximum Gasteiger partial charge on any atom is 0.126 e. The Labute approximate surface area is 124 Å². The van der Waals surface area contributed by atoms with Gasteiger partial charge in [-0.1, -0.05) is 13.0 Å². The molecule has 0 aliphatic heterocycles. The molecule has 1 N–H and O–H groups in total. The largest absolute Gasteiger partial charge is 0.308 e. The van der Waals surface area contributed by atoms with Crippen molar-refractivity contribution in [1.82, 2.24) is 10.3 Å². The Morgan fingerprint density at radius 1 is 1.24 bits per heavy atom. The fourth-order valence-electron chi connectivity index (χ4n) is 2.37. The molecular formula is C17H20F2N2. The van der Waals surface area contributed by atoms with Crippen LogP contribution >= 0.6 is 0 Å². The normalized spacial score (nSPS) is 12.4. The van der Waals surface area contributed by atoms with Gasteiger partial charge in [-0.25, -0.2) is 8.78 Å². The molecule has 1 unspecified atom stereocenters. The van der Waals surface area contributed by atoms with E-state index in [1.165, 1.54) is 12.1 Å². The first-order chi connectivity index (χ1) is 10.1. The standard InChI is InChI=1S/C17H20F2N2/c1-3-8-20-16(17-12(2)5-4-9-21-17)11-13-10-14(18)6-7-15(13)19/h4-7,9-10,16,20H,3,8,11H2,1-2H3. The number of hydrogen-bond acceptors (Lipinski definition) is 2. The highest BCUT2D eigenvalue weighted by Gasteiger charge is 2.17. The summed E-state index contributed by atoms with van der Waals surface area (Å²) < 4.78 is 27.2. The Balaban J connectivity index is 2.28. The van der Waals surface area contributed by atoms with Crippen molar-refractivity contribution in [2.24, 2.45) is 0 Å². The molecule has 0 bridgehead atoms. The molecule has 21 heavy (non-hydrogen) atoms. The lowest BCUT2D eigenvalue weighted by atomic mass is 9.99. The predicted molar refractivity (Wildman–Crippen MR) is 80.1 cm³/mol. The van der Waals surface area contributed by atoms with Crippen molar-refractivity contribution in [1.29, 1.82) is 0 Å². The second-order valence-electron chi connectivity index (χ2n) is 5.15. The SMILES string of the molecule is CCCNC(Cc1cc(F)ccc1F)c1ncccc1C. The van der Waals surface area contributed by atoms with Gasteiger partial charge in [0.25, 0.3) is 0 Å². The predicted octanol–water partition coefficient (Wildman–Crippen LogP) is 3.95. The third kappa shape index (κ3) is 4.08. The van der Waals surface area contributed by atoms with E-state index in [9.17, 15) is 8.78 Å². The molecule has 0 aliphatic rings. The lowest BCUT2D eigenvalue weighted by molar-refractivity contribution is 0.498. The second-order valence-corrected chi connectivity index (χ2v) is 5.15. The number of halogens is 2. The Hall–Kier alpha value is -1.81. The third-order valence-corrected chi connectivity index (χ3v) is 3.45. The smallest absolute Gasteiger partial charge is 0.126 e. The van der Waals surface area contributed by atoms with Crippen LogP contribution in [0.2, 0.25) is 0 Å². The molecule has 2 aromatic rings. The van der Waals surface area contributed by atoms with Crippen molar-refractivity contribution in [2.45, 2.75) is 32.7 Å². The van der Waals surface area contributed by atoms with Crippen LogP contribution in [-0.2, 0) is 6.42 Å². The van der Waals surface area contributed by atoms with E-state index in [0.29, 0.717) is 12.0 Å². The highest BCUT2D eigenvalue weighted by Crippen LogP contribution is 2.22. The van der Waals surface area contributed by atoms with Crippen molar-refractivity contribution >= 4 is 0 Å². The lowest BCUT2D eigenvalue weighted by Crippen LogP contribution is -2.26. The minimum Gasteiger partial charge on any atom is -0.308 e. The van der Waals surface area contributed by atoms with E-state index in [2.05, 4.69) is 17.2 Å². The topological polar surface area (TPSA) is 24.9 Å². The van der Waals surface area contributed by atoms with Crippen molar-refractivity contribution in [3.8, 4) is 0 Å². The quantitative estimate of drug-likeness (QED) is 0.871. The van der Waals surface area contributed by atoms with Gasteiger partial charge in [-0.2, -0.15) is 0 Å². The maximum absolute atomic E-state index is 13.9. The summed E-state index contributed by atoms with van der Waals surface area (Å²) in [5.74, 6) is -0.799. The average Bonchev–Trinajstić information content (AvgIpc) is 2.48. The van der Waals surface area contributed by atoms with Gasteiger partial charge in [0.2, 0.25) is 0 Å². The molecule has 0 amide bonds. The van der Waals surface area contributed by atoms with E-state index >= 15 is 0 Å². The Bertz CT molecular complexity index is 599. The van der Waals surface area contributed by atoms with Crippen molar-refractivity contribution in [3.63, 3.8) is 0 Å². The summed E-state index contributed by atoms with van der Waals surface area (Å²) in [6, 6.07) is 7.30. The molecule has 0 aliphatic carbocycles. The number of nitrogens with zero attached hydrogens (tertiary/aromatic N) is 1. The van der Waals surface area contributed by atoms with Crippen LogP contribution in [0.1, 0.15) is 36.2 Å². The van der Waals surface area contributed by atoms with Crippen LogP contribution in [-0.4, -0.2) is 11.5 Å². The molecule has 1 aromatic heterocycles. The fourth-order valence-corrected chi connectivity index (χ4v) is 2.37. The monoisotopic (exact) mass is 290 g/mol. The van der Waals surface area contributed by atoms with Crippen LogP contribution in [0.5, 0.6) is 0 Å². The van der Waals surface area contributed by atoms with Crippen LogP contribution in [0.4, 0.5) is 8.78 Å². The minimum atomic E-state index is -0.418. The first kappa shape index (κ1) is 15.6. The van der Waals surface area contributed by atoms with Crippen molar-refractivity contribution in [2.75, 3.05) is 6.54 Å². The van der Waals surface area contributed by atoms with Gasteiger partial charge in [-0.3, -0.25) is 4.98 Å². The number of rotatable bonds is 6. The summed E-state index contributed by atoms with van der Waals surface area (Å²) in [6.07, 6.45) is 3.07. The summed E-state index contributed by atoms with van der Waals surface area (Å²) in [5.41, 5.74) is 2.30. The number of aryl methyl sites for hydroxylation is 1. The van der Waals surface area contributed by atoms with Gasteiger partial charge in [-0.15, -0.1) is 0 Å². The van der Waals surface area contributed by atoms with Gasteiger partial charge in [-0.05, 0) is 61.7 Å². The minimum absolute atomic E-state index is 0.123. The van der Waals surface area contributed by atoms with Gasteiger partial charge in [0, 0.05) is 6.20 Å². The molecule has 4 heteroatoms. The molecule has 0 saturated heterocycles. The fraction of sp³-hybridized carbons (Fsp3) is 0.353. The zero-order chi connectivity index (χ0) is 15.2. The molecular weight excluding hydrogens is 270 g/mol.